The maximum absolute atomic E-state index is 12.6. The second-order valence-electron chi connectivity index (χ2n) is 5.85. The number of hydrogen-bond donors (Lipinski definition) is 1. The average molecular weight is 346 g/mol. The average Bonchev–Trinajstić information content (AvgIpc) is 2.46. The molecular formula is C14H20ClN3O3S. The molecule has 0 atom stereocenters. The van der Waals surface area contributed by atoms with Crippen LogP contribution in [-0.4, -0.2) is 55.2 Å². The molecule has 1 heterocycles. The molecule has 0 unspecified atom stereocenters. The maximum atomic E-state index is 12.6. The van der Waals surface area contributed by atoms with Crippen molar-refractivity contribution in [3.8, 4) is 0 Å². The van der Waals surface area contributed by atoms with Crippen LogP contribution >= 0.6 is 11.6 Å². The van der Waals surface area contributed by atoms with Crippen LogP contribution in [0.25, 0.3) is 0 Å². The van der Waals surface area contributed by atoms with Gasteiger partial charge in [0.15, 0.2) is 0 Å². The minimum Gasteiger partial charge on any atom is -0.338 e. The highest BCUT2D eigenvalue weighted by Gasteiger charge is 2.34. The van der Waals surface area contributed by atoms with Crippen molar-refractivity contribution in [3.63, 3.8) is 0 Å². The van der Waals surface area contributed by atoms with E-state index in [0.717, 1.165) is 0 Å². The van der Waals surface area contributed by atoms with Crippen molar-refractivity contribution in [1.82, 2.24) is 9.21 Å². The smallest absolute Gasteiger partial charge is 0.244 e. The van der Waals surface area contributed by atoms with Crippen LogP contribution in [0.5, 0.6) is 0 Å². The highest BCUT2D eigenvalue weighted by atomic mass is 35.5. The summed E-state index contributed by atoms with van der Waals surface area (Å²) in [5.74, 6) is -0.178. The van der Waals surface area contributed by atoms with Gasteiger partial charge in [0, 0.05) is 26.2 Å². The first-order valence-corrected chi connectivity index (χ1v) is 8.79. The molecule has 1 amide bonds. The number of halogens is 1. The standard InChI is InChI=1S/C14H20ClN3O3S/c1-14(2,16)13(19)17-7-9-18(10-8-17)22(20,21)12-6-4-3-5-11(12)15/h3-6H,7-10,16H2,1-2H3. The molecule has 1 fully saturated rings. The largest absolute Gasteiger partial charge is 0.338 e. The maximum Gasteiger partial charge on any atom is 0.244 e. The monoisotopic (exact) mass is 345 g/mol. The Kier molecular flexibility index (Phi) is 4.81. The number of benzene rings is 1. The van der Waals surface area contributed by atoms with Gasteiger partial charge in [0.05, 0.1) is 10.6 Å². The van der Waals surface area contributed by atoms with Crippen LogP contribution < -0.4 is 5.73 Å². The summed E-state index contributed by atoms with van der Waals surface area (Å²) in [5.41, 5.74) is 4.85. The number of rotatable bonds is 3. The second-order valence-corrected chi connectivity index (χ2v) is 8.16. The lowest BCUT2D eigenvalue weighted by Gasteiger charge is -2.36. The van der Waals surface area contributed by atoms with Gasteiger partial charge in [-0.1, -0.05) is 23.7 Å². The van der Waals surface area contributed by atoms with Gasteiger partial charge in [0.1, 0.15) is 4.90 Å². The first-order valence-electron chi connectivity index (χ1n) is 6.97. The summed E-state index contributed by atoms with van der Waals surface area (Å²) >= 11 is 5.98. The second kappa shape index (κ2) is 6.16. The molecule has 0 spiro atoms. The van der Waals surface area contributed by atoms with Crippen molar-refractivity contribution in [2.24, 2.45) is 5.73 Å². The lowest BCUT2D eigenvalue weighted by atomic mass is 10.1. The Balaban J connectivity index is 2.12. The summed E-state index contributed by atoms with van der Waals surface area (Å²) in [6, 6.07) is 6.35. The fourth-order valence-corrected chi connectivity index (χ4v) is 4.25. The molecule has 2 rings (SSSR count). The third-order valence-electron chi connectivity index (χ3n) is 3.53. The van der Waals surface area contributed by atoms with Gasteiger partial charge in [-0.05, 0) is 26.0 Å². The number of amides is 1. The van der Waals surface area contributed by atoms with Crippen molar-refractivity contribution < 1.29 is 13.2 Å². The SMILES string of the molecule is CC(C)(N)C(=O)N1CCN(S(=O)(=O)c2ccccc2Cl)CC1. The molecule has 6 nitrogen and oxygen atoms in total. The molecule has 1 saturated heterocycles. The minimum absolute atomic E-state index is 0.0931. The van der Waals surface area contributed by atoms with Gasteiger partial charge in [-0.3, -0.25) is 4.79 Å². The predicted molar refractivity (Wildman–Crippen MR) is 85.1 cm³/mol. The molecule has 8 heteroatoms. The quantitative estimate of drug-likeness (QED) is 0.882. The number of carbonyl (C=O) groups is 1. The Morgan fingerprint density at radius 1 is 1.18 bits per heavy atom. The molecule has 0 bridgehead atoms. The topological polar surface area (TPSA) is 83.7 Å². The summed E-state index contributed by atoms with van der Waals surface area (Å²) in [5, 5.41) is 0.198. The lowest BCUT2D eigenvalue weighted by molar-refractivity contribution is -0.137. The van der Waals surface area contributed by atoms with Crippen molar-refractivity contribution in [2.45, 2.75) is 24.3 Å². The number of sulfonamides is 1. The Labute approximate surface area is 135 Å². The summed E-state index contributed by atoms with van der Waals surface area (Å²) in [6.07, 6.45) is 0. The number of nitrogens with zero attached hydrogens (tertiary/aromatic N) is 2. The first kappa shape index (κ1) is 17.2. The highest BCUT2D eigenvalue weighted by molar-refractivity contribution is 7.89. The molecule has 0 aromatic heterocycles. The van der Waals surface area contributed by atoms with E-state index in [4.69, 9.17) is 17.3 Å². The molecule has 0 aliphatic carbocycles. The first-order chi connectivity index (χ1) is 10.1. The van der Waals surface area contributed by atoms with Crippen molar-refractivity contribution in [3.05, 3.63) is 29.3 Å². The number of carbonyl (C=O) groups excluding carboxylic acids is 1. The van der Waals surface area contributed by atoms with Gasteiger partial charge in [-0.2, -0.15) is 4.31 Å². The van der Waals surface area contributed by atoms with Crippen molar-refractivity contribution in [1.29, 1.82) is 0 Å². The van der Waals surface area contributed by atoms with Crippen LogP contribution in [0.4, 0.5) is 0 Å². The third-order valence-corrected chi connectivity index (χ3v) is 5.93. The molecule has 122 valence electrons. The zero-order valence-electron chi connectivity index (χ0n) is 12.6. The zero-order valence-corrected chi connectivity index (χ0v) is 14.2. The number of nitrogens with two attached hydrogens (primary N) is 1. The van der Waals surface area contributed by atoms with Crippen molar-refractivity contribution >= 4 is 27.5 Å². The summed E-state index contributed by atoms with van der Waals surface area (Å²) < 4.78 is 26.5. The number of piperazine rings is 1. The van der Waals surface area contributed by atoms with Gasteiger partial charge in [0.25, 0.3) is 0 Å². The minimum atomic E-state index is -3.65. The Morgan fingerprint density at radius 3 is 2.23 bits per heavy atom. The van der Waals surface area contributed by atoms with E-state index in [1.54, 1.807) is 36.9 Å². The van der Waals surface area contributed by atoms with Crippen LogP contribution in [0.3, 0.4) is 0 Å². The molecule has 0 radical (unpaired) electrons. The van der Waals surface area contributed by atoms with Crippen LogP contribution in [0.15, 0.2) is 29.2 Å². The fourth-order valence-electron chi connectivity index (χ4n) is 2.33. The summed E-state index contributed by atoms with van der Waals surface area (Å²) in [6.45, 7) is 4.39. The van der Waals surface area contributed by atoms with Gasteiger partial charge >= 0.3 is 0 Å². The zero-order chi connectivity index (χ0) is 16.5. The van der Waals surface area contributed by atoms with E-state index in [-0.39, 0.29) is 28.9 Å². The molecule has 1 aliphatic heterocycles. The molecule has 22 heavy (non-hydrogen) atoms. The third kappa shape index (κ3) is 3.43. The van der Waals surface area contributed by atoms with Gasteiger partial charge in [-0.25, -0.2) is 8.42 Å². The van der Waals surface area contributed by atoms with E-state index in [0.29, 0.717) is 13.1 Å². The Bertz CT molecular complexity index is 662. The molecule has 1 aliphatic rings. The summed E-state index contributed by atoms with van der Waals surface area (Å²) in [7, 11) is -3.65. The van der Waals surface area contributed by atoms with E-state index in [1.165, 1.54) is 10.4 Å². The summed E-state index contributed by atoms with van der Waals surface area (Å²) in [4.78, 5) is 13.8. The molecule has 1 aromatic carbocycles. The molecule has 2 N–H and O–H groups in total. The van der Waals surface area contributed by atoms with Gasteiger partial charge < -0.3 is 10.6 Å². The van der Waals surface area contributed by atoms with Gasteiger partial charge in [0.2, 0.25) is 15.9 Å². The van der Waals surface area contributed by atoms with E-state index >= 15 is 0 Å². The fraction of sp³-hybridized carbons (Fsp3) is 0.500. The van der Waals surface area contributed by atoms with Crippen LogP contribution in [0, 0.1) is 0 Å². The van der Waals surface area contributed by atoms with Crippen LogP contribution in [0.1, 0.15) is 13.8 Å². The van der Waals surface area contributed by atoms with Gasteiger partial charge in [-0.15, -0.1) is 0 Å². The van der Waals surface area contributed by atoms with E-state index in [9.17, 15) is 13.2 Å². The number of hydrogen-bond acceptors (Lipinski definition) is 4. The normalized spacial score (nSPS) is 17.5. The Hall–Kier alpha value is -1.15. The molecular weight excluding hydrogens is 326 g/mol. The van der Waals surface area contributed by atoms with Crippen molar-refractivity contribution in [2.75, 3.05) is 26.2 Å². The molecule has 1 aromatic rings. The molecule has 0 saturated carbocycles. The predicted octanol–water partition coefficient (Wildman–Crippen LogP) is 0.910. The van der Waals surface area contributed by atoms with E-state index in [1.807, 2.05) is 0 Å². The van der Waals surface area contributed by atoms with Crippen LogP contribution in [0.2, 0.25) is 5.02 Å². The highest BCUT2D eigenvalue weighted by Crippen LogP contribution is 2.25. The van der Waals surface area contributed by atoms with E-state index < -0.39 is 15.6 Å². The Morgan fingerprint density at radius 2 is 1.73 bits per heavy atom. The van der Waals surface area contributed by atoms with E-state index in [2.05, 4.69) is 0 Å². The van der Waals surface area contributed by atoms with Crippen LogP contribution in [-0.2, 0) is 14.8 Å². The lowest BCUT2D eigenvalue weighted by Crippen LogP contribution is -2.57.